The van der Waals surface area contributed by atoms with Crippen LogP contribution < -0.4 is 5.73 Å². The molecule has 0 aliphatic heterocycles. The molecule has 0 aliphatic carbocycles. The van der Waals surface area contributed by atoms with Crippen molar-refractivity contribution in [2.24, 2.45) is 5.73 Å². The Kier molecular flexibility index (Phi) is 4.32. The van der Waals surface area contributed by atoms with Crippen LogP contribution in [0.5, 0.6) is 0 Å². The predicted molar refractivity (Wildman–Crippen MR) is 77.3 cm³/mol. The predicted octanol–water partition coefficient (Wildman–Crippen LogP) is 2.80. The monoisotopic (exact) mass is 258 g/mol. The Bertz CT molecular complexity index is 528. The molecule has 2 rings (SSSR count). The van der Waals surface area contributed by atoms with Crippen molar-refractivity contribution in [2.75, 3.05) is 0 Å². The van der Waals surface area contributed by atoms with Crippen LogP contribution in [-0.2, 0) is 12.8 Å². The topological polar surface area (TPSA) is 56.7 Å². The van der Waals surface area contributed by atoms with Crippen molar-refractivity contribution >= 4 is 0 Å². The van der Waals surface area contributed by atoms with Crippen molar-refractivity contribution in [3.63, 3.8) is 0 Å². The molecule has 1 heterocycles. The fraction of sp³-hybridized carbons (Fsp3) is 0.467. The molecule has 0 spiro atoms. The number of aryl methyl sites for hydroxylation is 2. The van der Waals surface area contributed by atoms with Crippen molar-refractivity contribution in [1.29, 1.82) is 0 Å². The van der Waals surface area contributed by atoms with Gasteiger partial charge in [0.15, 0.2) is 5.82 Å². The molecule has 0 amide bonds. The molecule has 0 saturated carbocycles. The SMILES string of the molecule is CCc1nc(CC)n(-c2ccc(C(N)CC)cc2)n1. The second-order valence-electron chi connectivity index (χ2n) is 4.67. The van der Waals surface area contributed by atoms with Gasteiger partial charge in [0.1, 0.15) is 5.82 Å². The molecule has 0 saturated heterocycles. The van der Waals surface area contributed by atoms with E-state index in [9.17, 15) is 0 Å². The molecule has 1 aromatic carbocycles. The first-order valence-electron chi connectivity index (χ1n) is 7.00. The summed E-state index contributed by atoms with van der Waals surface area (Å²) in [5.41, 5.74) is 8.25. The van der Waals surface area contributed by atoms with Crippen LogP contribution in [0.15, 0.2) is 24.3 Å². The lowest BCUT2D eigenvalue weighted by molar-refractivity contribution is 0.697. The van der Waals surface area contributed by atoms with Crippen molar-refractivity contribution in [3.05, 3.63) is 41.5 Å². The van der Waals surface area contributed by atoms with Gasteiger partial charge in [-0.25, -0.2) is 9.67 Å². The van der Waals surface area contributed by atoms with Crippen molar-refractivity contribution in [1.82, 2.24) is 14.8 Å². The average Bonchev–Trinajstić information content (AvgIpc) is 2.90. The Hall–Kier alpha value is -1.68. The normalized spacial score (nSPS) is 12.6. The number of nitrogens with zero attached hydrogens (tertiary/aromatic N) is 3. The Morgan fingerprint density at radius 1 is 1.11 bits per heavy atom. The molecule has 102 valence electrons. The number of hydrogen-bond acceptors (Lipinski definition) is 3. The Labute approximate surface area is 114 Å². The van der Waals surface area contributed by atoms with E-state index in [2.05, 4.69) is 55.1 Å². The Balaban J connectivity index is 2.34. The summed E-state index contributed by atoms with van der Waals surface area (Å²) in [6.45, 7) is 6.27. The highest BCUT2D eigenvalue weighted by Crippen LogP contribution is 2.17. The van der Waals surface area contributed by atoms with Crippen LogP contribution >= 0.6 is 0 Å². The first-order valence-corrected chi connectivity index (χ1v) is 7.00. The van der Waals surface area contributed by atoms with Crippen LogP contribution in [0.4, 0.5) is 0 Å². The van der Waals surface area contributed by atoms with Crippen LogP contribution in [0.2, 0.25) is 0 Å². The van der Waals surface area contributed by atoms with Gasteiger partial charge in [0, 0.05) is 18.9 Å². The maximum Gasteiger partial charge on any atom is 0.151 e. The molecular formula is C15H22N4. The van der Waals surface area contributed by atoms with E-state index in [1.54, 1.807) is 0 Å². The fourth-order valence-electron chi connectivity index (χ4n) is 2.08. The minimum absolute atomic E-state index is 0.113. The minimum Gasteiger partial charge on any atom is -0.324 e. The lowest BCUT2D eigenvalue weighted by atomic mass is 10.1. The summed E-state index contributed by atoms with van der Waals surface area (Å²) in [4.78, 5) is 4.52. The molecule has 2 N–H and O–H groups in total. The fourth-order valence-corrected chi connectivity index (χ4v) is 2.08. The van der Waals surface area contributed by atoms with E-state index in [0.29, 0.717) is 0 Å². The largest absolute Gasteiger partial charge is 0.324 e. The first kappa shape index (κ1) is 13.7. The van der Waals surface area contributed by atoms with E-state index < -0.39 is 0 Å². The summed E-state index contributed by atoms with van der Waals surface area (Å²) in [6, 6.07) is 8.41. The van der Waals surface area contributed by atoms with Crippen LogP contribution in [0.25, 0.3) is 5.69 Å². The van der Waals surface area contributed by atoms with E-state index in [1.807, 2.05) is 4.68 Å². The van der Waals surface area contributed by atoms with Gasteiger partial charge in [-0.3, -0.25) is 0 Å². The molecule has 1 unspecified atom stereocenters. The maximum absolute atomic E-state index is 6.03. The van der Waals surface area contributed by atoms with Gasteiger partial charge in [0.25, 0.3) is 0 Å². The van der Waals surface area contributed by atoms with E-state index in [1.165, 1.54) is 5.56 Å². The highest BCUT2D eigenvalue weighted by molar-refractivity contribution is 5.35. The molecule has 0 radical (unpaired) electrons. The Morgan fingerprint density at radius 3 is 2.32 bits per heavy atom. The second kappa shape index (κ2) is 5.97. The lowest BCUT2D eigenvalue weighted by Crippen LogP contribution is -2.09. The first-order chi connectivity index (χ1) is 9.19. The number of aromatic nitrogens is 3. The smallest absolute Gasteiger partial charge is 0.151 e. The van der Waals surface area contributed by atoms with Gasteiger partial charge >= 0.3 is 0 Å². The van der Waals surface area contributed by atoms with Crippen molar-refractivity contribution in [2.45, 2.75) is 46.1 Å². The van der Waals surface area contributed by atoms with Crippen molar-refractivity contribution in [3.8, 4) is 5.69 Å². The standard InChI is InChI=1S/C15H22N4/c1-4-13(16)11-7-9-12(10-8-11)19-15(6-3)17-14(5-2)18-19/h7-10,13H,4-6,16H2,1-3H3. The molecule has 2 aromatic rings. The van der Waals surface area contributed by atoms with Gasteiger partial charge < -0.3 is 5.73 Å². The van der Waals surface area contributed by atoms with Crippen LogP contribution in [0, 0.1) is 0 Å². The van der Waals surface area contributed by atoms with Gasteiger partial charge in [-0.2, -0.15) is 5.10 Å². The molecule has 19 heavy (non-hydrogen) atoms. The molecule has 1 aromatic heterocycles. The summed E-state index contributed by atoms with van der Waals surface area (Å²) in [7, 11) is 0. The summed E-state index contributed by atoms with van der Waals surface area (Å²) in [6.07, 6.45) is 2.69. The van der Waals surface area contributed by atoms with E-state index in [0.717, 1.165) is 36.6 Å². The van der Waals surface area contributed by atoms with Gasteiger partial charge in [-0.1, -0.05) is 32.9 Å². The summed E-state index contributed by atoms with van der Waals surface area (Å²) < 4.78 is 1.93. The van der Waals surface area contributed by atoms with Gasteiger partial charge in [-0.15, -0.1) is 0 Å². The number of rotatable bonds is 5. The van der Waals surface area contributed by atoms with E-state index in [4.69, 9.17) is 5.73 Å². The third kappa shape index (κ3) is 2.84. The molecule has 0 bridgehead atoms. The molecule has 4 heteroatoms. The quantitative estimate of drug-likeness (QED) is 0.897. The maximum atomic E-state index is 6.03. The number of benzene rings is 1. The minimum atomic E-state index is 0.113. The van der Waals surface area contributed by atoms with E-state index >= 15 is 0 Å². The number of nitrogens with two attached hydrogens (primary N) is 1. The molecule has 0 aliphatic rings. The average molecular weight is 258 g/mol. The Morgan fingerprint density at radius 2 is 1.79 bits per heavy atom. The number of hydrogen-bond donors (Lipinski definition) is 1. The summed E-state index contributed by atoms with van der Waals surface area (Å²) in [5, 5.41) is 4.54. The lowest BCUT2D eigenvalue weighted by Gasteiger charge is -2.10. The van der Waals surface area contributed by atoms with Gasteiger partial charge in [-0.05, 0) is 24.1 Å². The second-order valence-corrected chi connectivity index (χ2v) is 4.67. The van der Waals surface area contributed by atoms with Gasteiger partial charge in [0.05, 0.1) is 5.69 Å². The van der Waals surface area contributed by atoms with E-state index in [-0.39, 0.29) is 6.04 Å². The molecule has 4 nitrogen and oxygen atoms in total. The third-order valence-electron chi connectivity index (χ3n) is 3.36. The zero-order valence-electron chi connectivity index (χ0n) is 11.9. The van der Waals surface area contributed by atoms with Crippen LogP contribution in [0.1, 0.15) is 50.4 Å². The summed E-state index contributed by atoms with van der Waals surface area (Å²) >= 11 is 0. The van der Waals surface area contributed by atoms with Crippen LogP contribution in [0.3, 0.4) is 0 Å². The van der Waals surface area contributed by atoms with Gasteiger partial charge in [0.2, 0.25) is 0 Å². The highest BCUT2D eigenvalue weighted by atomic mass is 15.3. The molecule has 0 fully saturated rings. The zero-order valence-corrected chi connectivity index (χ0v) is 11.9. The zero-order chi connectivity index (χ0) is 13.8. The van der Waals surface area contributed by atoms with Crippen molar-refractivity contribution < 1.29 is 0 Å². The summed E-state index contributed by atoms with van der Waals surface area (Å²) in [5.74, 6) is 1.90. The molecular weight excluding hydrogens is 236 g/mol. The highest BCUT2D eigenvalue weighted by Gasteiger charge is 2.09. The third-order valence-corrected chi connectivity index (χ3v) is 3.36. The van der Waals surface area contributed by atoms with Crippen LogP contribution in [-0.4, -0.2) is 14.8 Å². The molecule has 1 atom stereocenters.